The Morgan fingerprint density at radius 3 is 2.50 bits per heavy atom. The van der Waals surface area contributed by atoms with Gasteiger partial charge >= 0.3 is 0 Å². The lowest BCUT2D eigenvalue weighted by atomic mass is 10.3. The molecule has 0 amide bonds. The summed E-state index contributed by atoms with van der Waals surface area (Å²) in [4.78, 5) is 8.89. The third-order valence-electron chi connectivity index (χ3n) is 1.34. The van der Waals surface area contributed by atoms with Gasteiger partial charge in [0, 0.05) is 0 Å². The quantitative estimate of drug-likeness (QED) is 0.379. The number of nitrogens with two attached hydrogens (primary N) is 1. The number of hydrogen-bond donors (Lipinski definition) is 3. The zero-order valence-corrected chi connectivity index (χ0v) is 7.65. The fourth-order valence-electron chi connectivity index (χ4n) is 0.894. The molecule has 4 N–H and O–H groups in total. The Morgan fingerprint density at radius 2 is 2.20 bits per heavy atom. The number of rotatable bonds is 5. The van der Waals surface area contributed by atoms with E-state index in [2.05, 4.69) is 12.2 Å². The summed E-state index contributed by atoms with van der Waals surface area (Å²) in [5.41, 5.74) is 5.77. The van der Waals surface area contributed by atoms with Gasteiger partial charge in [-0.15, -0.1) is 0 Å². The Labute approximate surface area is 64.9 Å². The van der Waals surface area contributed by atoms with Crippen LogP contribution in [0.3, 0.4) is 0 Å². The molecule has 1 atom stereocenters. The normalized spacial score (nSPS) is 16.8. The first-order chi connectivity index (χ1) is 4.68. The molecule has 0 saturated carbocycles. The average Bonchev–Trinajstić information content (AvgIpc) is 1.89. The van der Waals surface area contributed by atoms with Crippen molar-refractivity contribution in [2.45, 2.75) is 32.0 Å². The van der Waals surface area contributed by atoms with E-state index in [4.69, 9.17) is 10.5 Å². The maximum absolute atomic E-state index is 8.89. The van der Waals surface area contributed by atoms with Gasteiger partial charge in [-0.3, -0.25) is 0 Å². The summed E-state index contributed by atoms with van der Waals surface area (Å²) in [5.74, 6) is 0. The molecular formula is C6H16N2OSi. The van der Waals surface area contributed by atoms with Crippen LogP contribution in [-0.2, 0) is 0 Å². The van der Waals surface area contributed by atoms with Crippen molar-refractivity contribution >= 4 is 9.76 Å². The number of nitrogens with one attached hydrogen (secondary N) is 1. The summed E-state index contributed by atoms with van der Waals surface area (Å²) < 4.78 is 0. The standard InChI is InChI=1S/C6H16N2OSi/c1-3-5-6(7,10-9)8-4-2/h8-9H,3-5,7H2,1-2H3. The molecule has 0 aromatic heterocycles. The van der Waals surface area contributed by atoms with Crippen molar-refractivity contribution in [2.24, 2.45) is 5.73 Å². The van der Waals surface area contributed by atoms with Gasteiger partial charge in [0.15, 0.2) is 0 Å². The molecule has 3 nitrogen and oxygen atoms in total. The van der Waals surface area contributed by atoms with E-state index in [9.17, 15) is 0 Å². The lowest BCUT2D eigenvalue weighted by Crippen LogP contribution is -2.58. The van der Waals surface area contributed by atoms with Crippen molar-refractivity contribution in [3.05, 3.63) is 0 Å². The van der Waals surface area contributed by atoms with Crippen LogP contribution >= 0.6 is 0 Å². The average molecular weight is 160 g/mol. The summed E-state index contributed by atoms with van der Waals surface area (Å²) in [7, 11) is -0.218. The molecule has 2 radical (unpaired) electrons. The highest BCUT2D eigenvalue weighted by Gasteiger charge is 2.22. The van der Waals surface area contributed by atoms with Crippen LogP contribution in [0, 0.1) is 0 Å². The number of hydrogen-bond acceptors (Lipinski definition) is 3. The summed E-state index contributed by atoms with van der Waals surface area (Å²) in [6, 6.07) is 0. The summed E-state index contributed by atoms with van der Waals surface area (Å²) in [5, 5.41) is 2.53. The Kier molecular flexibility index (Phi) is 4.89. The van der Waals surface area contributed by atoms with E-state index in [-0.39, 0.29) is 9.76 Å². The van der Waals surface area contributed by atoms with Crippen molar-refractivity contribution in [1.29, 1.82) is 0 Å². The SMILES string of the molecule is CCCC(N)(NCC)[Si]O. The zero-order chi connectivity index (χ0) is 8.04. The fourth-order valence-corrected chi connectivity index (χ4v) is 1.51. The van der Waals surface area contributed by atoms with Gasteiger partial charge in [0.05, 0.1) is 5.29 Å². The molecule has 1 unspecified atom stereocenters. The molecule has 0 rings (SSSR count). The Balaban J connectivity index is 3.69. The van der Waals surface area contributed by atoms with E-state index in [0.29, 0.717) is 0 Å². The minimum absolute atomic E-state index is 0.218. The van der Waals surface area contributed by atoms with Crippen molar-refractivity contribution in [3.8, 4) is 0 Å². The highest BCUT2D eigenvalue weighted by molar-refractivity contribution is 6.30. The van der Waals surface area contributed by atoms with E-state index in [1.807, 2.05) is 6.92 Å². The first-order valence-electron chi connectivity index (χ1n) is 3.63. The minimum atomic E-state index is -0.524. The van der Waals surface area contributed by atoms with Crippen LogP contribution in [0.25, 0.3) is 0 Å². The molecular weight excluding hydrogens is 144 g/mol. The second-order valence-electron chi connectivity index (χ2n) is 2.36. The highest BCUT2D eigenvalue weighted by Crippen LogP contribution is 2.01. The van der Waals surface area contributed by atoms with E-state index < -0.39 is 5.29 Å². The molecule has 0 spiro atoms. The largest absolute Gasteiger partial charge is 0.429 e. The van der Waals surface area contributed by atoms with Gasteiger partial charge in [-0.05, 0) is 13.0 Å². The van der Waals surface area contributed by atoms with Crippen molar-refractivity contribution in [1.82, 2.24) is 5.32 Å². The predicted molar refractivity (Wildman–Crippen MR) is 43.5 cm³/mol. The van der Waals surface area contributed by atoms with Gasteiger partial charge in [-0.25, -0.2) is 0 Å². The minimum Gasteiger partial charge on any atom is -0.429 e. The molecule has 0 aromatic carbocycles. The first-order valence-corrected chi connectivity index (χ1v) is 4.58. The van der Waals surface area contributed by atoms with Gasteiger partial charge in [-0.2, -0.15) is 0 Å². The maximum Gasteiger partial charge on any atom is 0.265 e. The van der Waals surface area contributed by atoms with Crippen LogP contribution in [0.5, 0.6) is 0 Å². The molecule has 0 aliphatic carbocycles. The second-order valence-corrected chi connectivity index (χ2v) is 3.48. The fraction of sp³-hybridized carbons (Fsp3) is 1.00. The van der Waals surface area contributed by atoms with Crippen molar-refractivity contribution in [3.63, 3.8) is 0 Å². The zero-order valence-electron chi connectivity index (χ0n) is 6.65. The molecule has 0 bridgehead atoms. The second kappa shape index (κ2) is 4.84. The molecule has 0 aliphatic heterocycles. The Hall–Kier alpha value is 0.0969. The summed E-state index contributed by atoms with van der Waals surface area (Å²) >= 11 is 0. The van der Waals surface area contributed by atoms with Crippen LogP contribution < -0.4 is 11.1 Å². The lowest BCUT2D eigenvalue weighted by Gasteiger charge is -2.25. The van der Waals surface area contributed by atoms with E-state index in [1.54, 1.807) is 0 Å². The van der Waals surface area contributed by atoms with Crippen molar-refractivity contribution in [2.75, 3.05) is 6.54 Å². The van der Waals surface area contributed by atoms with Crippen LogP contribution in [0.4, 0.5) is 0 Å². The lowest BCUT2D eigenvalue weighted by molar-refractivity contribution is 0.396. The van der Waals surface area contributed by atoms with Crippen LogP contribution in [0.1, 0.15) is 26.7 Å². The molecule has 0 heterocycles. The molecule has 60 valence electrons. The van der Waals surface area contributed by atoms with Gasteiger partial charge in [-0.1, -0.05) is 20.3 Å². The van der Waals surface area contributed by atoms with Crippen LogP contribution in [0.15, 0.2) is 0 Å². The molecule has 0 aliphatic rings. The van der Waals surface area contributed by atoms with Gasteiger partial charge in [0.1, 0.15) is 0 Å². The van der Waals surface area contributed by atoms with Gasteiger partial charge in [0.2, 0.25) is 0 Å². The maximum atomic E-state index is 8.89. The topological polar surface area (TPSA) is 58.3 Å². The monoisotopic (exact) mass is 160 g/mol. The van der Waals surface area contributed by atoms with Gasteiger partial charge < -0.3 is 15.8 Å². The van der Waals surface area contributed by atoms with Crippen molar-refractivity contribution < 1.29 is 4.80 Å². The van der Waals surface area contributed by atoms with E-state index in [0.717, 1.165) is 19.4 Å². The third-order valence-corrected chi connectivity index (χ3v) is 2.16. The molecule has 0 fully saturated rings. The molecule has 0 saturated heterocycles. The first kappa shape index (κ1) is 10.1. The Morgan fingerprint density at radius 1 is 1.60 bits per heavy atom. The van der Waals surface area contributed by atoms with E-state index >= 15 is 0 Å². The highest BCUT2D eigenvalue weighted by atomic mass is 28.2. The predicted octanol–water partition coefficient (Wildman–Crippen LogP) is -0.380. The molecule has 0 aromatic rings. The summed E-state index contributed by atoms with van der Waals surface area (Å²) in [6.45, 7) is 4.85. The third kappa shape index (κ3) is 3.31. The molecule has 10 heavy (non-hydrogen) atoms. The Bertz CT molecular complexity index is 83.8. The molecule has 4 heteroatoms. The van der Waals surface area contributed by atoms with Crippen LogP contribution in [0.2, 0.25) is 0 Å². The van der Waals surface area contributed by atoms with Crippen LogP contribution in [-0.4, -0.2) is 26.4 Å². The summed E-state index contributed by atoms with van der Waals surface area (Å²) in [6.07, 6.45) is 1.83. The van der Waals surface area contributed by atoms with E-state index in [1.165, 1.54) is 0 Å². The van der Waals surface area contributed by atoms with Gasteiger partial charge in [0.25, 0.3) is 9.76 Å². The smallest absolute Gasteiger partial charge is 0.265 e.